The molecule has 2 rings (SSSR count). The van der Waals surface area contributed by atoms with Gasteiger partial charge in [-0.2, -0.15) is 0 Å². The van der Waals surface area contributed by atoms with Gasteiger partial charge in [-0.05, 0) is 40.0 Å². The molecule has 0 aromatic rings. The third-order valence-corrected chi connectivity index (χ3v) is 3.11. The van der Waals surface area contributed by atoms with Crippen molar-refractivity contribution in [3.05, 3.63) is 0 Å². The number of carbonyl (C=O) groups is 1. The van der Waals surface area contributed by atoms with Crippen LogP contribution in [-0.4, -0.2) is 39.9 Å². The van der Waals surface area contributed by atoms with Crippen LogP contribution in [0.25, 0.3) is 0 Å². The lowest BCUT2D eigenvalue weighted by molar-refractivity contribution is 0.0170. The van der Waals surface area contributed by atoms with Gasteiger partial charge in [0, 0.05) is 6.04 Å². The van der Waals surface area contributed by atoms with E-state index in [1.54, 1.807) is 4.90 Å². The molecule has 15 heavy (non-hydrogen) atoms. The molecule has 2 aliphatic heterocycles. The fourth-order valence-corrected chi connectivity index (χ4v) is 2.56. The molecular weight excluding hydrogens is 194 g/mol. The number of carbonyl (C=O) groups excluding carboxylic acids is 1. The van der Waals surface area contributed by atoms with Gasteiger partial charge >= 0.3 is 6.09 Å². The number of fused-ring (bicyclic) bond motifs is 2. The predicted octanol–water partition coefficient (Wildman–Crippen LogP) is 1.52. The van der Waals surface area contributed by atoms with Crippen LogP contribution in [0.5, 0.6) is 0 Å². The first-order valence-electron chi connectivity index (χ1n) is 5.58. The summed E-state index contributed by atoms with van der Waals surface area (Å²) in [6.07, 6.45) is 2.00. The maximum Gasteiger partial charge on any atom is 0.410 e. The lowest BCUT2D eigenvalue weighted by atomic mass is 9.98. The zero-order chi connectivity index (χ0) is 11.2. The molecule has 0 aromatic carbocycles. The Balaban J connectivity index is 2.03. The molecular formula is C11H19NO3. The zero-order valence-corrected chi connectivity index (χ0v) is 9.56. The summed E-state index contributed by atoms with van der Waals surface area (Å²) in [7, 11) is 0. The second kappa shape index (κ2) is 3.37. The fraction of sp³-hybridized carbons (Fsp3) is 0.909. The molecule has 0 spiro atoms. The van der Waals surface area contributed by atoms with Crippen LogP contribution in [0.15, 0.2) is 0 Å². The summed E-state index contributed by atoms with van der Waals surface area (Å²) in [5.41, 5.74) is -0.454. The number of aliphatic hydroxyl groups is 1. The third kappa shape index (κ3) is 1.95. The van der Waals surface area contributed by atoms with Crippen LogP contribution < -0.4 is 0 Å². The summed E-state index contributed by atoms with van der Waals surface area (Å²) in [4.78, 5) is 13.6. The number of ether oxygens (including phenoxy) is 1. The fourth-order valence-electron chi connectivity index (χ4n) is 2.56. The highest BCUT2D eigenvalue weighted by molar-refractivity contribution is 5.70. The summed E-state index contributed by atoms with van der Waals surface area (Å²) < 4.78 is 5.33. The van der Waals surface area contributed by atoms with E-state index in [0.717, 1.165) is 12.8 Å². The summed E-state index contributed by atoms with van der Waals surface area (Å²) in [6.45, 7) is 5.58. The minimum atomic E-state index is -0.454. The highest BCUT2D eigenvalue weighted by atomic mass is 16.6. The molecule has 2 heterocycles. The molecule has 0 aliphatic carbocycles. The topological polar surface area (TPSA) is 49.8 Å². The molecule has 2 aliphatic rings. The Morgan fingerprint density at radius 1 is 1.40 bits per heavy atom. The molecule has 1 amide bonds. The minimum absolute atomic E-state index is 0.00940. The van der Waals surface area contributed by atoms with E-state index < -0.39 is 5.60 Å². The molecule has 2 fully saturated rings. The van der Waals surface area contributed by atoms with Gasteiger partial charge in [0.1, 0.15) is 5.60 Å². The number of nitrogens with zero attached hydrogens (tertiary/aromatic N) is 1. The third-order valence-electron chi connectivity index (χ3n) is 3.11. The lowest BCUT2D eigenvalue weighted by Gasteiger charge is -2.27. The van der Waals surface area contributed by atoms with Crippen molar-refractivity contribution >= 4 is 6.09 Å². The van der Waals surface area contributed by atoms with Crippen molar-refractivity contribution in [2.75, 3.05) is 0 Å². The van der Waals surface area contributed by atoms with Crippen LogP contribution in [0.4, 0.5) is 4.79 Å². The number of rotatable bonds is 0. The Labute approximate surface area is 90.2 Å². The van der Waals surface area contributed by atoms with Crippen LogP contribution in [0.1, 0.15) is 40.0 Å². The Bertz CT molecular complexity index is 271. The van der Waals surface area contributed by atoms with E-state index in [1.807, 2.05) is 20.8 Å². The Morgan fingerprint density at radius 2 is 2.07 bits per heavy atom. The molecule has 3 atom stereocenters. The summed E-state index contributed by atoms with van der Waals surface area (Å²) in [5, 5.41) is 9.69. The van der Waals surface area contributed by atoms with Crippen molar-refractivity contribution in [2.45, 2.75) is 63.8 Å². The van der Waals surface area contributed by atoms with Gasteiger partial charge in [-0.1, -0.05) is 0 Å². The van der Waals surface area contributed by atoms with E-state index in [0.29, 0.717) is 6.42 Å². The predicted molar refractivity (Wildman–Crippen MR) is 55.5 cm³/mol. The van der Waals surface area contributed by atoms with Gasteiger partial charge in [-0.15, -0.1) is 0 Å². The molecule has 0 aromatic heterocycles. The van der Waals surface area contributed by atoms with Crippen LogP contribution in [-0.2, 0) is 4.74 Å². The maximum absolute atomic E-state index is 11.9. The number of hydrogen-bond acceptors (Lipinski definition) is 3. The maximum atomic E-state index is 11.9. The van der Waals surface area contributed by atoms with Crippen molar-refractivity contribution in [2.24, 2.45) is 0 Å². The van der Waals surface area contributed by atoms with Crippen LogP contribution in [0.2, 0.25) is 0 Å². The smallest absolute Gasteiger partial charge is 0.410 e. The van der Waals surface area contributed by atoms with Gasteiger partial charge in [0.2, 0.25) is 0 Å². The highest BCUT2D eigenvalue weighted by Crippen LogP contribution is 2.38. The average molecular weight is 213 g/mol. The van der Waals surface area contributed by atoms with Crippen molar-refractivity contribution in [1.82, 2.24) is 4.90 Å². The highest BCUT2D eigenvalue weighted by Gasteiger charge is 2.49. The molecule has 86 valence electrons. The number of amides is 1. The Hall–Kier alpha value is -0.770. The largest absolute Gasteiger partial charge is 0.444 e. The summed E-state index contributed by atoms with van der Waals surface area (Å²) in [6, 6.07) is 0.185. The SMILES string of the molecule is CC(C)(C)OC(=O)N1[C@H]2CC[C@H]1[C@H](O)C2. The molecule has 0 unspecified atom stereocenters. The van der Waals surface area contributed by atoms with Crippen molar-refractivity contribution in [3.8, 4) is 0 Å². The monoisotopic (exact) mass is 213 g/mol. The van der Waals surface area contributed by atoms with Crippen LogP contribution in [0, 0.1) is 0 Å². The second-order valence-corrected chi connectivity index (χ2v) is 5.49. The first-order chi connectivity index (χ1) is 6.88. The second-order valence-electron chi connectivity index (χ2n) is 5.49. The molecule has 0 radical (unpaired) electrons. The summed E-state index contributed by atoms with van der Waals surface area (Å²) in [5.74, 6) is 0. The minimum Gasteiger partial charge on any atom is -0.444 e. The number of hydrogen-bond donors (Lipinski definition) is 1. The van der Waals surface area contributed by atoms with E-state index >= 15 is 0 Å². The van der Waals surface area contributed by atoms with Crippen molar-refractivity contribution < 1.29 is 14.6 Å². The van der Waals surface area contributed by atoms with Crippen molar-refractivity contribution in [3.63, 3.8) is 0 Å². The van der Waals surface area contributed by atoms with E-state index in [4.69, 9.17) is 4.74 Å². The quantitative estimate of drug-likeness (QED) is 0.663. The van der Waals surface area contributed by atoms with E-state index in [9.17, 15) is 9.90 Å². The normalized spacial score (nSPS) is 34.7. The molecule has 4 nitrogen and oxygen atoms in total. The Morgan fingerprint density at radius 3 is 2.47 bits per heavy atom. The van der Waals surface area contributed by atoms with Gasteiger partial charge in [-0.25, -0.2) is 4.79 Å². The first-order valence-corrected chi connectivity index (χ1v) is 5.58. The molecule has 1 N–H and O–H groups in total. The molecule has 4 heteroatoms. The molecule has 2 bridgehead atoms. The van der Waals surface area contributed by atoms with Crippen LogP contribution >= 0.6 is 0 Å². The Kier molecular flexibility index (Phi) is 2.41. The van der Waals surface area contributed by atoms with Gasteiger partial charge in [0.15, 0.2) is 0 Å². The van der Waals surface area contributed by atoms with Crippen molar-refractivity contribution in [1.29, 1.82) is 0 Å². The van der Waals surface area contributed by atoms with E-state index in [1.165, 1.54) is 0 Å². The van der Waals surface area contributed by atoms with Crippen LogP contribution in [0.3, 0.4) is 0 Å². The average Bonchev–Trinajstić information content (AvgIpc) is 2.55. The standard InChI is InChI=1S/C11H19NO3/c1-11(2,3)15-10(14)12-7-4-5-8(12)9(13)6-7/h7-9,13H,4-6H2,1-3H3/t7-,8-,9+/m0/s1. The van der Waals surface area contributed by atoms with Gasteiger partial charge in [-0.3, -0.25) is 4.90 Å². The molecule has 2 saturated heterocycles. The summed E-state index contributed by atoms with van der Waals surface area (Å²) >= 11 is 0. The van der Waals surface area contributed by atoms with E-state index in [-0.39, 0.29) is 24.3 Å². The number of aliphatic hydroxyl groups excluding tert-OH is 1. The van der Waals surface area contributed by atoms with Gasteiger partial charge in [0.25, 0.3) is 0 Å². The lowest BCUT2D eigenvalue weighted by Crippen LogP contribution is -2.41. The van der Waals surface area contributed by atoms with E-state index in [2.05, 4.69) is 0 Å². The zero-order valence-electron chi connectivity index (χ0n) is 9.56. The first kappa shape index (κ1) is 10.7. The van der Waals surface area contributed by atoms with Gasteiger partial charge in [0.05, 0.1) is 12.1 Å². The molecule has 0 saturated carbocycles. The van der Waals surface area contributed by atoms with Gasteiger partial charge < -0.3 is 9.84 Å².